The lowest BCUT2D eigenvalue weighted by Crippen LogP contribution is -2.25. The molecule has 88 valence electrons. The molecule has 1 fully saturated rings. The minimum Gasteiger partial charge on any atom is -0.399 e. The average Bonchev–Trinajstić information content (AvgIpc) is 2.90. The van der Waals surface area contributed by atoms with Crippen LogP contribution in [0.3, 0.4) is 0 Å². The highest BCUT2D eigenvalue weighted by atomic mass is 16.1. The fourth-order valence-corrected chi connectivity index (χ4v) is 2.93. The predicted octanol–water partition coefficient (Wildman–Crippen LogP) is 2.42. The van der Waals surface area contributed by atoms with Crippen LogP contribution >= 0.6 is 0 Å². The maximum Gasteiger partial charge on any atom is 0.228 e. The Kier molecular flexibility index (Phi) is 2.39. The topological polar surface area (TPSA) is 55.1 Å². The summed E-state index contributed by atoms with van der Waals surface area (Å²) >= 11 is 0. The first kappa shape index (κ1) is 10.4. The van der Waals surface area contributed by atoms with E-state index in [-0.39, 0.29) is 11.8 Å². The van der Waals surface area contributed by atoms with Crippen molar-refractivity contribution in [2.75, 3.05) is 11.1 Å². The summed E-state index contributed by atoms with van der Waals surface area (Å²) in [5.74, 6) is 1.34. The number of carbonyl (C=O) groups excluding carboxylic acids is 1. The summed E-state index contributed by atoms with van der Waals surface area (Å²) in [4.78, 5) is 12.1. The van der Waals surface area contributed by atoms with Crippen molar-refractivity contribution in [3.8, 4) is 0 Å². The second-order valence-corrected chi connectivity index (χ2v) is 5.00. The van der Waals surface area contributed by atoms with Gasteiger partial charge in [-0.25, -0.2) is 0 Å². The van der Waals surface area contributed by atoms with Crippen LogP contribution in [0.1, 0.15) is 12.8 Å². The van der Waals surface area contributed by atoms with Crippen LogP contribution in [0, 0.1) is 17.8 Å². The molecule has 2 aliphatic carbocycles. The first-order valence-electron chi connectivity index (χ1n) is 6.07. The largest absolute Gasteiger partial charge is 0.399 e. The molecule has 3 rings (SSSR count). The van der Waals surface area contributed by atoms with E-state index in [2.05, 4.69) is 17.5 Å². The number of hydrogen-bond donors (Lipinski definition) is 2. The maximum atomic E-state index is 12.1. The van der Waals surface area contributed by atoms with E-state index in [0.29, 0.717) is 17.5 Å². The molecule has 3 atom stereocenters. The van der Waals surface area contributed by atoms with Gasteiger partial charge in [-0.05, 0) is 42.9 Å². The zero-order valence-corrected chi connectivity index (χ0v) is 9.60. The van der Waals surface area contributed by atoms with Crippen molar-refractivity contribution >= 4 is 17.3 Å². The van der Waals surface area contributed by atoms with Gasteiger partial charge in [0.05, 0.1) is 0 Å². The Morgan fingerprint density at radius 3 is 2.82 bits per heavy atom. The van der Waals surface area contributed by atoms with Crippen molar-refractivity contribution in [1.82, 2.24) is 0 Å². The van der Waals surface area contributed by atoms with Crippen molar-refractivity contribution in [2.45, 2.75) is 12.8 Å². The van der Waals surface area contributed by atoms with Gasteiger partial charge in [0.25, 0.3) is 0 Å². The van der Waals surface area contributed by atoms with E-state index in [0.717, 1.165) is 18.5 Å². The molecule has 2 aliphatic rings. The first-order chi connectivity index (χ1) is 8.22. The van der Waals surface area contributed by atoms with Crippen LogP contribution < -0.4 is 11.1 Å². The summed E-state index contributed by atoms with van der Waals surface area (Å²) in [6, 6.07) is 7.33. The standard InChI is InChI=1S/C14H16N2O/c15-11-2-1-3-12(8-11)16-14(17)13-7-9-4-5-10(13)6-9/h1-5,8-10,13H,6-7,15H2,(H,16,17). The lowest BCUT2D eigenvalue weighted by Gasteiger charge is -2.17. The van der Waals surface area contributed by atoms with Crippen molar-refractivity contribution < 1.29 is 4.79 Å². The van der Waals surface area contributed by atoms with E-state index in [1.807, 2.05) is 18.2 Å². The maximum absolute atomic E-state index is 12.1. The van der Waals surface area contributed by atoms with Gasteiger partial charge in [0.15, 0.2) is 0 Å². The highest BCUT2D eigenvalue weighted by molar-refractivity contribution is 5.93. The molecule has 1 saturated carbocycles. The normalized spacial score (nSPS) is 29.5. The Labute approximate surface area is 101 Å². The zero-order chi connectivity index (χ0) is 11.8. The fraction of sp³-hybridized carbons (Fsp3) is 0.357. The van der Waals surface area contributed by atoms with Gasteiger partial charge < -0.3 is 11.1 Å². The number of anilines is 2. The summed E-state index contributed by atoms with van der Waals surface area (Å²) in [5.41, 5.74) is 7.16. The Morgan fingerprint density at radius 2 is 2.18 bits per heavy atom. The number of hydrogen-bond acceptors (Lipinski definition) is 2. The number of amides is 1. The zero-order valence-electron chi connectivity index (χ0n) is 9.60. The van der Waals surface area contributed by atoms with Crippen LogP contribution in [-0.2, 0) is 4.79 Å². The molecule has 2 bridgehead atoms. The molecule has 0 saturated heterocycles. The van der Waals surface area contributed by atoms with Crippen molar-refractivity contribution in [1.29, 1.82) is 0 Å². The summed E-state index contributed by atoms with van der Waals surface area (Å²) < 4.78 is 0. The Hall–Kier alpha value is -1.77. The number of nitrogens with two attached hydrogens (primary N) is 1. The van der Waals surface area contributed by atoms with Crippen molar-refractivity contribution in [3.63, 3.8) is 0 Å². The highest BCUT2D eigenvalue weighted by Gasteiger charge is 2.39. The highest BCUT2D eigenvalue weighted by Crippen LogP contribution is 2.43. The number of benzene rings is 1. The van der Waals surface area contributed by atoms with Crippen LogP contribution in [-0.4, -0.2) is 5.91 Å². The molecule has 1 aromatic carbocycles. The molecule has 17 heavy (non-hydrogen) atoms. The minimum atomic E-state index is 0.132. The van der Waals surface area contributed by atoms with Crippen LogP contribution in [0.2, 0.25) is 0 Å². The molecule has 3 unspecified atom stereocenters. The Morgan fingerprint density at radius 1 is 1.29 bits per heavy atom. The third kappa shape index (κ3) is 1.93. The third-order valence-corrected chi connectivity index (χ3v) is 3.77. The van der Waals surface area contributed by atoms with Crippen molar-refractivity contribution in [3.05, 3.63) is 36.4 Å². The summed E-state index contributed by atoms with van der Waals surface area (Å²) in [5, 5.41) is 2.96. The van der Waals surface area contributed by atoms with Gasteiger partial charge in [-0.1, -0.05) is 18.2 Å². The number of allylic oxidation sites excluding steroid dienone is 2. The molecule has 3 N–H and O–H groups in total. The van der Waals surface area contributed by atoms with E-state index >= 15 is 0 Å². The molecule has 3 nitrogen and oxygen atoms in total. The van der Waals surface area contributed by atoms with Gasteiger partial charge in [-0.15, -0.1) is 0 Å². The van der Waals surface area contributed by atoms with E-state index in [4.69, 9.17) is 5.73 Å². The van der Waals surface area contributed by atoms with Crippen LogP contribution in [0.25, 0.3) is 0 Å². The number of nitrogens with one attached hydrogen (secondary N) is 1. The Bertz CT molecular complexity index is 481. The third-order valence-electron chi connectivity index (χ3n) is 3.77. The van der Waals surface area contributed by atoms with Crippen molar-refractivity contribution in [2.24, 2.45) is 17.8 Å². The molecule has 1 aromatic rings. The number of rotatable bonds is 2. The van der Waals surface area contributed by atoms with Gasteiger partial charge >= 0.3 is 0 Å². The van der Waals surface area contributed by atoms with Gasteiger partial charge in [0.2, 0.25) is 5.91 Å². The molecule has 0 aromatic heterocycles. The molecule has 0 aliphatic heterocycles. The van der Waals surface area contributed by atoms with Gasteiger partial charge in [0.1, 0.15) is 0 Å². The van der Waals surface area contributed by atoms with Gasteiger partial charge in [0, 0.05) is 17.3 Å². The fourth-order valence-electron chi connectivity index (χ4n) is 2.93. The SMILES string of the molecule is Nc1cccc(NC(=O)C2CC3C=CC2C3)c1. The lowest BCUT2D eigenvalue weighted by atomic mass is 9.93. The predicted molar refractivity (Wildman–Crippen MR) is 68.3 cm³/mol. The summed E-state index contributed by atoms with van der Waals surface area (Å²) in [7, 11) is 0. The smallest absolute Gasteiger partial charge is 0.228 e. The lowest BCUT2D eigenvalue weighted by molar-refractivity contribution is -0.120. The van der Waals surface area contributed by atoms with Crippen LogP contribution in [0.5, 0.6) is 0 Å². The van der Waals surface area contributed by atoms with Crippen LogP contribution in [0.4, 0.5) is 11.4 Å². The number of fused-ring (bicyclic) bond motifs is 2. The molecule has 0 heterocycles. The second-order valence-electron chi connectivity index (χ2n) is 5.00. The summed E-state index contributed by atoms with van der Waals surface area (Å²) in [6.45, 7) is 0. The van der Waals surface area contributed by atoms with E-state index in [1.165, 1.54) is 0 Å². The van der Waals surface area contributed by atoms with Crippen LogP contribution in [0.15, 0.2) is 36.4 Å². The Balaban J connectivity index is 1.70. The molecule has 0 spiro atoms. The monoisotopic (exact) mass is 228 g/mol. The second kappa shape index (κ2) is 3.91. The number of nitrogen functional groups attached to an aromatic ring is 1. The minimum absolute atomic E-state index is 0.132. The van der Waals surface area contributed by atoms with Gasteiger partial charge in [-0.2, -0.15) is 0 Å². The quantitative estimate of drug-likeness (QED) is 0.603. The number of carbonyl (C=O) groups is 1. The summed E-state index contributed by atoms with van der Waals surface area (Å²) in [6.07, 6.45) is 6.58. The first-order valence-corrected chi connectivity index (χ1v) is 6.07. The van der Waals surface area contributed by atoms with Gasteiger partial charge in [-0.3, -0.25) is 4.79 Å². The van der Waals surface area contributed by atoms with E-state index in [1.54, 1.807) is 6.07 Å². The molecular formula is C14H16N2O. The van der Waals surface area contributed by atoms with E-state index in [9.17, 15) is 4.79 Å². The molecular weight excluding hydrogens is 212 g/mol. The molecule has 1 amide bonds. The average molecular weight is 228 g/mol. The van der Waals surface area contributed by atoms with E-state index < -0.39 is 0 Å². The molecule has 0 radical (unpaired) electrons. The molecule has 3 heteroatoms.